The van der Waals surface area contributed by atoms with Gasteiger partial charge in [-0.3, -0.25) is 0 Å². The Balaban J connectivity index is 2.09. The van der Waals surface area contributed by atoms with Gasteiger partial charge in [0.2, 0.25) is 0 Å². The molecule has 0 aliphatic carbocycles. The predicted octanol–water partition coefficient (Wildman–Crippen LogP) is 3.18. The molecule has 0 spiro atoms. The number of benzene rings is 1. The summed E-state index contributed by atoms with van der Waals surface area (Å²) in [5, 5.41) is 4.17. The molecule has 18 heavy (non-hydrogen) atoms. The van der Waals surface area contributed by atoms with Crippen molar-refractivity contribution in [2.24, 2.45) is 0 Å². The van der Waals surface area contributed by atoms with E-state index in [1.807, 2.05) is 28.9 Å². The molecule has 0 fully saturated rings. The lowest BCUT2D eigenvalue weighted by Crippen LogP contribution is -2.11. The van der Waals surface area contributed by atoms with Gasteiger partial charge in [0.05, 0.1) is 5.88 Å². The molecule has 1 heterocycles. The molecule has 5 heteroatoms. The number of halogens is 1. The first-order valence-corrected chi connectivity index (χ1v) is 6.41. The van der Waals surface area contributed by atoms with Crippen molar-refractivity contribution >= 4 is 11.6 Å². The van der Waals surface area contributed by atoms with Crippen LogP contribution in [0.5, 0.6) is 5.75 Å². The summed E-state index contributed by atoms with van der Waals surface area (Å²) >= 11 is 5.86. The summed E-state index contributed by atoms with van der Waals surface area (Å²) in [4.78, 5) is 4.20. The molecule has 0 aliphatic heterocycles. The topological polar surface area (TPSA) is 39.9 Å². The van der Waals surface area contributed by atoms with Crippen LogP contribution in [-0.2, 0) is 12.5 Å². The summed E-state index contributed by atoms with van der Waals surface area (Å²) in [5.41, 5.74) is 0.981. The molecule has 0 N–H and O–H groups in total. The van der Waals surface area contributed by atoms with Crippen molar-refractivity contribution < 1.29 is 4.74 Å². The first-order chi connectivity index (χ1) is 8.72. The summed E-state index contributed by atoms with van der Waals surface area (Å²) in [5.74, 6) is 2.05. The highest BCUT2D eigenvalue weighted by Gasteiger charge is 2.09. The van der Waals surface area contributed by atoms with Gasteiger partial charge in [0.15, 0.2) is 5.82 Å². The fourth-order valence-corrected chi connectivity index (χ4v) is 1.93. The Bertz CT molecular complexity index is 510. The lowest BCUT2D eigenvalue weighted by atomic mass is 10.2. The van der Waals surface area contributed by atoms with Crippen LogP contribution < -0.4 is 4.74 Å². The van der Waals surface area contributed by atoms with E-state index in [4.69, 9.17) is 16.3 Å². The Morgan fingerprint density at radius 3 is 2.83 bits per heavy atom. The van der Waals surface area contributed by atoms with Gasteiger partial charge < -0.3 is 4.74 Å². The second kappa shape index (κ2) is 5.87. The Kier molecular flexibility index (Phi) is 4.20. The first-order valence-electron chi connectivity index (χ1n) is 5.87. The molecule has 1 aromatic carbocycles. The summed E-state index contributed by atoms with van der Waals surface area (Å²) in [7, 11) is 0. The fraction of sp³-hybridized carbons (Fsp3) is 0.385. The van der Waals surface area contributed by atoms with Gasteiger partial charge in [0, 0.05) is 11.6 Å². The van der Waals surface area contributed by atoms with Crippen LogP contribution in [0.1, 0.15) is 31.3 Å². The van der Waals surface area contributed by atoms with Crippen molar-refractivity contribution in [1.82, 2.24) is 14.8 Å². The van der Waals surface area contributed by atoms with Crippen molar-refractivity contribution in [3.05, 3.63) is 42.0 Å². The van der Waals surface area contributed by atoms with E-state index in [0.717, 1.165) is 17.1 Å². The van der Waals surface area contributed by atoms with E-state index in [0.29, 0.717) is 12.5 Å². The second-order valence-corrected chi connectivity index (χ2v) is 4.51. The van der Waals surface area contributed by atoms with E-state index in [2.05, 4.69) is 23.9 Å². The molecule has 0 atom stereocenters. The molecule has 0 unspecified atom stereocenters. The third kappa shape index (κ3) is 2.82. The number of alkyl halides is 1. The molecular formula is C13H16ClN3O. The van der Waals surface area contributed by atoms with Gasteiger partial charge in [-0.2, -0.15) is 5.10 Å². The molecule has 0 bridgehead atoms. The summed E-state index contributed by atoms with van der Waals surface area (Å²) in [6.07, 6.45) is 1.55. The van der Waals surface area contributed by atoms with Crippen molar-refractivity contribution in [1.29, 1.82) is 0 Å². The Morgan fingerprint density at radius 2 is 2.11 bits per heavy atom. The average molecular weight is 266 g/mol. The van der Waals surface area contributed by atoms with E-state index >= 15 is 0 Å². The number of hydrogen-bond acceptors (Lipinski definition) is 3. The van der Waals surface area contributed by atoms with Crippen LogP contribution >= 0.6 is 11.6 Å². The van der Waals surface area contributed by atoms with Gasteiger partial charge in [0.1, 0.15) is 18.7 Å². The molecular weight excluding hydrogens is 250 g/mol. The molecule has 4 nitrogen and oxygen atoms in total. The normalized spacial score (nSPS) is 10.9. The van der Waals surface area contributed by atoms with Crippen LogP contribution in [0.2, 0.25) is 0 Å². The van der Waals surface area contributed by atoms with Crippen molar-refractivity contribution in [2.75, 3.05) is 0 Å². The van der Waals surface area contributed by atoms with Crippen LogP contribution in [0.3, 0.4) is 0 Å². The number of aromatic nitrogens is 3. The Labute approximate surface area is 112 Å². The standard InChI is InChI=1S/C13H16ClN3O/c1-10(2)17-13(15-9-16-17)8-18-12-6-4-3-5-11(12)7-14/h3-6,9-10H,7-8H2,1-2H3. The zero-order valence-corrected chi connectivity index (χ0v) is 11.3. The van der Waals surface area contributed by atoms with Crippen LogP contribution in [0.15, 0.2) is 30.6 Å². The van der Waals surface area contributed by atoms with E-state index in [1.165, 1.54) is 0 Å². The highest BCUT2D eigenvalue weighted by Crippen LogP contribution is 2.20. The quantitative estimate of drug-likeness (QED) is 0.780. The van der Waals surface area contributed by atoms with Gasteiger partial charge in [-0.05, 0) is 19.9 Å². The minimum atomic E-state index is 0.273. The monoisotopic (exact) mass is 265 g/mol. The molecule has 0 saturated carbocycles. The zero-order chi connectivity index (χ0) is 13.0. The van der Waals surface area contributed by atoms with E-state index in [-0.39, 0.29) is 6.04 Å². The lowest BCUT2D eigenvalue weighted by molar-refractivity contribution is 0.280. The maximum atomic E-state index is 5.86. The third-order valence-corrected chi connectivity index (χ3v) is 2.90. The first kappa shape index (κ1) is 12.9. The molecule has 0 radical (unpaired) electrons. The number of hydrogen-bond donors (Lipinski definition) is 0. The lowest BCUT2D eigenvalue weighted by Gasteiger charge is -2.12. The third-order valence-electron chi connectivity index (χ3n) is 2.61. The summed E-state index contributed by atoms with van der Waals surface area (Å²) < 4.78 is 7.61. The molecule has 96 valence electrons. The maximum Gasteiger partial charge on any atom is 0.165 e. The van der Waals surface area contributed by atoms with Crippen LogP contribution in [0.25, 0.3) is 0 Å². The number of ether oxygens (including phenoxy) is 1. The molecule has 2 rings (SSSR count). The summed E-state index contributed by atoms with van der Waals surface area (Å²) in [6, 6.07) is 8.01. The predicted molar refractivity (Wildman–Crippen MR) is 70.7 cm³/mol. The Morgan fingerprint density at radius 1 is 1.33 bits per heavy atom. The highest BCUT2D eigenvalue weighted by atomic mass is 35.5. The van der Waals surface area contributed by atoms with E-state index in [9.17, 15) is 0 Å². The van der Waals surface area contributed by atoms with E-state index < -0.39 is 0 Å². The van der Waals surface area contributed by atoms with E-state index in [1.54, 1.807) is 6.33 Å². The van der Waals surface area contributed by atoms with Gasteiger partial charge >= 0.3 is 0 Å². The summed E-state index contributed by atoms with van der Waals surface area (Å²) in [6.45, 7) is 4.52. The molecule has 1 aromatic heterocycles. The minimum absolute atomic E-state index is 0.273. The largest absolute Gasteiger partial charge is 0.485 e. The van der Waals surface area contributed by atoms with Gasteiger partial charge in [-0.15, -0.1) is 11.6 Å². The van der Waals surface area contributed by atoms with Crippen LogP contribution in [-0.4, -0.2) is 14.8 Å². The van der Waals surface area contributed by atoms with Gasteiger partial charge in [0.25, 0.3) is 0 Å². The number of nitrogens with zero attached hydrogens (tertiary/aromatic N) is 3. The smallest absolute Gasteiger partial charge is 0.165 e. The molecule has 0 saturated heterocycles. The van der Waals surface area contributed by atoms with Crippen molar-refractivity contribution in [2.45, 2.75) is 32.4 Å². The van der Waals surface area contributed by atoms with Crippen LogP contribution in [0.4, 0.5) is 0 Å². The number of para-hydroxylation sites is 1. The molecule has 0 amide bonds. The van der Waals surface area contributed by atoms with Gasteiger partial charge in [-0.25, -0.2) is 9.67 Å². The number of rotatable bonds is 5. The minimum Gasteiger partial charge on any atom is -0.485 e. The highest BCUT2D eigenvalue weighted by molar-refractivity contribution is 6.17. The Hall–Kier alpha value is -1.55. The van der Waals surface area contributed by atoms with Gasteiger partial charge in [-0.1, -0.05) is 18.2 Å². The van der Waals surface area contributed by atoms with Crippen molar-refractivity contribution in [3.63, 3.8) is 0 Å². The van der Waals surface area contributed by atoms with Crippen molar-refractivity contribution in [3.8, 4) is 5.75 Å². The zero-order valence-electron chi connectivity index (χ0n) is 10.5. The van der Waals surface area contributed by atoms with Crippen LogP contribution in [0, 0.1) is 0 Å². The SMILES string of the molecule is CC(C)n1ncnc1COc1ccccc1CCl. The average Bonchev–Trinajstić information content (AvgIpc) is 2.85. The second-order valence-electron chi connectivity index (χ2n) is 4.24. The molecule has 0 aliphatic rings. The molecule has 2 aromatic rings. The fourth-order valence-electron chi connectivity index (χ4n) is 1.71. The maximum absolute atomic E-state index is 5.86.